The average molecular weight is 287 g/mol. The molecule has 2 heterocycles. The van der Waals surface area contributed by atoms with Crippen LogP contribution >= 0.6 is 0 Å². The molecule has 1 saturated carbocycles. The summed E-state index contributed by atoms with van der Waals surface area (Å²) in [5.41, 5.74) is 2.35. The van der Waals surface area contributed by atoms with E-state index in [0.29, 0.717) is 6.04 Å². The van der Waals surface area contributed by atoms with E-state index < -0.39 is 0 Å². The molecule has 21 heavy (non-hydrogen) atoms. The fourth-order valence-electron chi connectivity index (χ4n) is 3.11. The molecule has 0 bridgehead atoms. The molecule has 2 aromatic rings. The smallest absolute Gasteiger partial charge is 0.203 e. The Morgan fingerprint density at radius 2 is 2.05 bits per heavy atom. The highest BCUT2D eigenvalue weighted by Crippen LogP contribution is 2.21. The lowest BCUT2D eigenvalue weighted by atomic mass is 9.96. The van der Waals surface area contributed by atoms with Crippen molar-refractivity contribution < 1.29 is 0 Å². The van der Waals surface area contributed by atoms with Gasteiger partial charge in [-0.05, 0) is 31.7 Å². The lowest BCUT2D eigenvalue weighted by molar-refractivity contribution is 0.459. The molecule has 0 saturated heterocycles. The van der Waals surface area contributed by atoms with Gasteiger partial charge in [-0.3, -0.25) is 4.68 Å². The van der Waals surface area contributed by atoms with Gasteiger partial charge in [0.2, 0.25) is 5.95 Å². The molecule has 1 aliphatic carbocycles. The van der Waals surface area contributed by atoms with Crippen molar-refractivity contribution in [1.82, 2.24) is 19.3 Å². The van der Waals surface area contributed by atoms with Crippen LogP contribution in [0.4, 0.5) is 5.95 Å². The SMILES string of the molecule is Cc1cn(CCc2cnn(C)c2)c(NC2CCCCC2)n1. The van der Waals surface area contributed by atoms with Crippen LogP contribution in [-0.2, 0) is 20.0 Å². The molecule has 0 amide bonds. The summed E-state index contributed by atoms with van der Waals surface area (Å²) in [5, 5.41) is 7.87. The summed E-state index contributed by atoms with van der Waals surface area (Å²) < 4.78 is 4.10. The first-order chi connectivity index (χ1) is 10.2. The maximum absolute atomic E-state index is 4.65. The van der Waals surface area contributed by atoms with Crippen molar-refractivity contribution in [3.63, 3.8) is 0 Å². The minimum atomic E-state index is 0.595. The van der Waals surface area contributed by atoms with Crippen molar-refractivity contribution in [2.45, 2.75) is 58.0 Å². The fourth-order valence-corrected chi connectivity index (χ4v) is 3.11. The first-order valence-electron chi connectivity index (χ1n) is 7.98. The topological polar surface area (TPSA) is 47.7 Å². The summed E-state index contributed by atoms with van der Waals surface area (Å²) in [5.74, 6) is 1.03. The number of imidazole rings is 1. The molecule has 5 heteroatoms. The van der Waals surface area contributed by atoms with Crippen LogP contribution in [0.2, 0.25) is 0 Å². The number of hydrogen-bond acceptors (Lipinski definition) is 3. The molecule has 0 aromatic carbocycles. The van der Waals surface area contributed by atoms with Crippen molar-refractivity contribution in [2.24, 2.45) is 7.05 Å². The Morgan fingerprint density at radius 1 is 1.24 bits per heavy atom. The molecule has 0 spiro atoms. The molecular formula is C16H25N5. The van der Waals surface area contributed by atoms with Crippen LogP contribution in [0.3, 0.4) is 0 Å². The number of rotatable bonds is 5. The third-order valence-corrected chi connectivity index (χ3v) is 4.24. The summed E-state index contributed by atoms with van der Waals surface area (Å²) >= 11 is 0. The zero-order valence-corrected chi connectivity index (χ0v) is 13.0. The maximum atomic E-state index is 4.65. The average Bonchev–Trinajstić information content (AvgIpc) is 3.04. The van der Waals surface area contributed by atoms with Crippen molar-refractivity contribution in [2.75, 3.05) is 5.32 Å². The number of nitrogens with zero attached hydrogens (tertiary/aromatic N) is 4. The zero-order valence-electron chi connectivity index (χ0n) is 13.0. The van der Waals surface area contributed by atoms with Gasteiger partial charge in [0.15, 0.2) is 0 Å². The number of aromatic nitrogens is 4. The van der Waals surface area contributed by atoms with Crippen molar-refractivity contribution >= 4 is 5.95 Å². The Bertz CT molecular complexity index is 577. The number of hydrogen-bond donors (Lipinski definition) is 1. The van der Waals surface area contributed by atoms with E-state index >= 15 is 0 Å². The highest BCUT2D eigenvalue weighted by atomic mass is 15.2. The number of aryl methyl sites for hydroxylation is 4. The summed E-state index contributed by atoms with van der Waals surface area (Å²) in [4.78, 5) is 4.65. The normalized spacial score (nSPS) is 16.3. The molecule has 3 rings (SSSR count). The quantitative estimate of drug-likeness (QED) is 0.920. The van der Waals surface area contributed by atoms with Gasteiger partial charge in [0.25, 0.3) is 0 Å². The van der Waals surface area contributed by atoms with Crippen molar-refractivity contribution in [3.8, 4) is 0 Å². The van der Waals surface area contributed by atoms with Gasteiger partial charge < -0.3 is 9.88 Å². The second kappa shape index (κ2) is 6.33. The van der Waals surface area contributed by atoms with Crippen molar-refractivity contribution in [1.29, 1.82) is 0 Å². The van der Waals surface area contributed by atoms with Crippen LogP contribution in [0, 0.1) is 6.92 Å². The van der Waals surface area contributed by atoms with E-state index in [0.717, 1.165) is 24.6 Å². The largest absolute Gasteiger partial charge is 0.353 e. The van der Waals surface area contributed by atoms with Gasteiger partial charge in [-0.2, -0.15) is 5.10 Å². The minimum Gasteiger partial charge on any atom is -0.353 e. The molecular weight excluding hydrogens is 262 g/mol. The number of anilines is 1. The van der Waals surface area contributed by atoms with Crippen LogP contribution in [0.25, 0.3) is 0 Å². The molecule has 1 N–H and O–H groups in total. The van der Waals surface area contributed by atoms with E-state index in [-0.39, 0.29) is 0 Å². The van der Waals surface area contributed by atoms with E-state index in [1.165, 1.54) is 37.7 Å². The first-order valence-corrected chi connectivity index (χ1v) is 7.98. The molecule has 0 radical (unpaired) electrons. The van der Waals surface area contributed by atoms with Crippen LogP contribution in [0.15, 0.2) is 18.6 Å². The Balaban J connectivity index is 1.64. The van der Waals surface area contributed by atoms with E-state index in [9.17, 15) is 0 Å². The Labute approximate surface area is 126 Å². The first kappa shape index (κ1) is 14.2. The Kier molecular flexibility index (Phi) is 4.27. The van der Waals surface area contributed by atoms with Gasteiger partial charge >= 0.3 is 0 Å². The van der Waals surface area contributed by atoms with Gasteiger partial charge in [0.1, 0.15) is 0 Å². The summed E-state index contributed by atoms with van der Waals surface area (Å²) in [6.07, 6.45) is 13.8. The van der Waals surface area contributed by atoms with Crippen LogP contribution < -0.4 is 5.32 Å². The second-order valence-corrected chi connectivity index (χ2v) is 6.15. The predicted octanol–water partition coefficient (Wildman–Crippen LogP) is 2.91. The summed E-state index contributed by atoms with van der Waals surface area (Å²) in [6.45, 7) is 3.01. The highest BCUT2D eigenvalue weighted by Gasteiger charge is 2.15. The van der Waals surface area contributed by atoms with Crippen LogP contribution in [-0.4, -0.2) is 25.4 Å². The lowest BCUT2D eigenvalue weighted by Crippen LogP contribution is -2.24. The van der Waals surface area contributed by atoms with Crippen LogP contribution in [0.5, 0.6) is 0 Å². The fraction of sp³-hybridized carbons (Fsp3) is 0.625. The molecule has 114 valence electrons. The monoisotopic (exact) mass is 287 g/mol. The van der Waals surface area contributed by atoms with E-state index in [1.54, 1.807) is 0 Å². The van der Waals surface area contributed by atoms with Gasteiger partial charge in [0, 0.05) is 32.0 Å². The maximum Gasteiger partial charge on any atom is 0.203 e. The predicted molar refractivity (Wildman–Crippen MR) is 84.4 cm³/mol. The third kappa shape index (κ3) is 3.65. The third-order valence-electron chi connectivity index (χ3n) is 4.24. The molecule has 1 fully saturated rings. The zero-order chi connectivity index (χ0) is 14.7. The minimum absolute atomic E-state index is 0.595. The Morgan fingerprint density at radius 3 is 2.76 bits per heavy atom. The Hall–Kier alpha value is -1.78. The summed E-state index contributed by atoms with van der Waals surface area (Å²) in [6, 6.07) is 0.595. The summed E-state index contributed by atoms with van der Waals surface area (Å²) in [7, 11) is 1.96. The van der Waals surface area contributed by atoms with E-state index in [1.807, 2.05) is 17.9 Å². The van der Waals surface area contributed by atoms with Gasteiger partial charge in [0.05, 0.1) is 11.9 Å². The van der Waals surface area contributed by atoms with Gasteiger partial charge in [-0.25, -0.2) is 4.98 Å². The molecule has 1 aliphatic rings. The van der Waals surface area contributed by atoms with E-state index in [2.05, 4.69) is 39.3 Å². The second-order valence-electron chi connectivity index (χ2n) is 6.15. The van der Waals surface area contributed by atoms with Crippen LogP contribution in [0.1, 0.15) is 43.4 Å². The molecule has 0 atom stereocenters. The van der Waals surface area contributed by atoms with E-state index in [4.69, 9.17) is 0 Å². The standard InChI is InChI=1S/C16H25N5/c1-13-11-21(9-8-14-10-17-20(2)12-14)16(18-13)19-15-6-4-3-5-7-15/h10-12,15H,3-9H2,1-2H3,(H,18,19). The lowest BCUT2D eigenvalue weighted by Gasteiger charge is -2.23. The molecule has 0 aliphatic heterocycles. The molecule has 2 aromatic heterocycles. The van der Waals surface area contributed by atoms with Gasteiger partial charge in [-0.15, -0.1) is 0 Å². The van der Waals surface area contributed by atoms with Gasteiger partial charge in [-0.1, -0.05) is 19.3 Å². The molecule has 5 nitrogen and oxygen atoms in total. The van der Waals surface area contributed by atoms with Crippen molar-refractivity contribution in [3.05, 3.63) is 29.8 Å². The highest BCUT2D eigenvalue weighted by molar-refractivity contribution is 5.30. The molecule has 0 unspecified atom stereocenters. The number of nitrogens with one attached hydrogen (secondary N) is 1.